The molecule has 0 aliphatic heterocycles. The number of pyridine rings is 1. The van der Waals surface area contributed by atoms with Crippen molar-refractivity contribution < 1.29 is 18.3 Å². The van der Waals surface area contributed by atoms with E-state index < -0.39 is 12.1 Å². The van der Waals surface area contributed by atoms with E-state index in [1.807, 2.05) is 0 Å². The highest BCUT2D eigenvalue weighted by molar-refractivity contribution is 5.82. The first-order valence-electron chi connectivity index (χ1n) is 3.68. The fraction of sp³-hybridized carbons (Fsp3) is 0.250. The van der Waals surface area contributed by atoms with Crippen molar-refractivity contribution in [1.82, 2.24) is 4.98 Å². The summed E-state index contributed by atoms with van der Waals surface area (Å²) < 4.78 is 29.3. The quantitative estimate of drug-likeness (QED) is 0.753. The molecule has 4 nitrogen and oxygen atoms in total. The van der Waals surface area contributed by atoms with Gasteiger partial charge in [0.25, 0.3) is 6.43 Å². The van der Waals surface area contributed by atoms with Crippen LogP contribution in [0.2, 0.25) is 0 Å². The van der Waals surface area contributed by atoms with E-state index >= 15 is 0 Å². The molecule has 0 atom stereocenters. The van der Waals surface area contributed by atoms with Gasteiger partial charge in [0.2, 0.25) is 0 Å². The number of anilines is 1. The third kappa shape index (κ3) is 1.78. The van der Waals surface area contributed by atoms with Gasteiger partial charge in [-0.3, -0.25) is 4.79 Å². The number of nitrogen functional groups attached to an aromatic ring is 1. The predicted molar refractivity (Wildman–Crippen MR) is 45.5 cm³/mol. The Morgan fingerprint density at radius 3 is 2.71 bits per heavy atom. The fourth-order valence-electron chi connectivity index (χ4n) is 0.953. The molecule has 0 aliphatic carbocycles. The minimum Gasteiger partial charge on any atom is -0.495 e. The van der Waals surface area contributed by atoms with Crippen molar-refractivity contribution in [1.29, 1.82) is 0 Å². The minimum atomic E-state index is -2.78. The van der Waals surface area contributed by atoms with Crippen LogP contribution < -0.4 is 10.5 Å². The molecule has 0 radical (unpaired) electrons. The number of alkyl halides is 2. The molecule has 14 heavy (non-hydrogen) atoms. The third-order valence-electron chi connectivity index (χ3n) is 1.63. The van der Waals surface area contributed by atoms with Gasteiger partial charge in [0.15, 0.2) is 12.0 Å². The summed E-state index contributed by atoms with van der Waals surface area (Å²) in [4.78, 5) is 13.8. The van der Waals surface area contributed by atoms with Crippen molar-refractivity contribution in [2.24, 2.45) is 0 Å². The normalized spacial score (nSPS) is 10.3. The van der Waals surface area contributed by atoms with Crippen molar-refractivity contribution in [3.05, 3.63) is 17.3 Å². The lowest BCUT2D eigenvalue weighted by Gasteiger charge is -2.08. The maximum Gasteiger partial charge on any atom is 0.284 e. The molecule has 2 N–H and O–H groups in total. The lowest BCUT2D eigenvalue weighted by Crippen LogP contribution is -2.03. The van der Waals surface area contributed by atoms with Crippen molar-refractivity contribution in [3.8, 4) is 5.75 Å². The van der Waals surface area contributed by atoms with Gasteiger partial charge in [-0.1, -0.05) is 0 Å². The Kier molecular flexibility index (Phi) is 2.95. The van der Waals surface area contributed by atoms with Crippen LogP contribution in [0.5, 0.6) is 5.75 Å². The van der Waals surface area contributed by atoms with Gasteiger partial charge in [0.1, 0.15) is 11.6 Å². The number of aldehydes is 1. The summed E-state index contributed by atoms with van der Waals surface area (Å²) in [5.74, 6) is -0.368. The highest BCUT2D eigenvalue weighted by Gasteiger charge is 2.18. The number of ether oxygens (including phenoxy) is 1. The van der Waals surface area contributed by atoms with Gasteiger partial charge in [-0.25, -0.2) is 13.8 Å². The van der Waals surface area contributed by atoms with Crippen LogP contribution in [0, 0.1) is 0 Å². The zero-order valence-electron chi connectivity index (χ0n) is 7.33. The maximum atomic E-state index is 12.3. The van der Waals surface area contributed by atoms with E-state index in [9.17, 15) is 13.6 Å². The van der Waals surface area contributed by atoms with E-state index in [-0.39, 0.29) is 17.1 Å². The lowest BCUT2D eigenvalue weighted by molar-refractivity contribution is 0.112. The summed E-state index contributed by atoms with van der Waals surface area (Å²) in [6.07, 6.45) is -2.35. The van der Waals surface area contributed by atoms with Gasteiger partial charge in [-0.2, -0.15) is 0 Å². The number of rotatable bonds is 3. The molecule has 0 bridgehead atoms. The van der Waals surface area contributed by atoms with Gasteiger partial charge < -0.3 is 10.5 Å². The monoisotopic (exact) mass is 202 g/mol. The second-order valence-corrected chi connectivity index (χ2v) is 2.47. The molecule has 76 valence electrons. The van der Waals surface area contributed by atoms with Crippen molar-refractivity contribution in [2.45, 2.75) is 6.43 Å². The second-order valence-electron chi connectivity index (χ2n) is 2.47. The van der Waals surface area contributed by atoms with Crippen LogP contribution in [0.25, 0.3) is 0 Å². The Morgan fingerprint density at radius 1 is 1.64 bits per heavy atom. The maximum absolute atomic E-state index is 12.3. The Balaban J connectivity index is 3.31. The summed E-state index contributed by atoms with van der Waals surface area (Å²) in [7, 11) is 1.22. The third-order valence-corrected chi connectivity index (χ3v) is 1.63. The first-order chi connectivity index (χ1) is 6.60. The van der Waals surface area contributed by atoms with Crippen LogP contribution >= 0.6 is 0 Å². The van der Waals surface area contributed by atoms with E-state index in [0.29, 0.717) is 6.29 Å². The highest BCUT2D eigenvalue weighted by atomic mass is 19.3. The Morgan fingerprint density at radius 2 is 2.29 bits per heavy atom. The summed E-state index contributed by atoms with van der Waals surface area (Å²) >= 11 is 0. The molecular formula is C8H8F2N2O2. The standard InChI is InChI=1S/C8H8F2N2O2/c1-14-5-2-4(3-13)8(11)12-6(5)7(9)10/h2-3,7H,1H3,(H2,11,12). The van der Waals surface area contributed by atoms with E-state index in [1.165, 1.54) is 7.11 Å². The first kappa shape index (κ1) is 10.4. The van der Waals surface area contributed by atoms with Crippen molar-refractivity contribution in [2.75, 3.05) is 12.8 Å². The van der Waals surface area contributed by atoms with Crippen LogP contribution in [-0.2, 0) is 0 Å². The number of hydrogen-bond acceptors (Lipinski definition) is 4. The molecule has 0 aliphatic rings. The van der Waals surface area contributed by atoms with E-state index in [4.69, 9.17) is 5.73 Å². The van der Waals surface area contributed by atoms with Crippen LogP contribution in [0.15, 0.2) is 6.07 Å². The topological polar surface area (TPSA) is 65.2 Å². The second kappa shape index (κ2) is 3.99. The Hall–Kier alpha value is -1.72. The number of carbonyl (C=O) groups excluding carboxylic acids is 1. The van der Waals surface area contributed by atoms with Crippen molar-refractivity contribution in [3.63, 3.8) is 0 Å². The average Bonchev–Trinajstić information content (AvgIpc) is 2.17. The van der Waals surface area contributed by atoms with E-state index in [2.05, 4.69) is 9.72 Å². The Bertz CT molecular complexity index is 355. The Labute approximate surface area is 78.7 Å². The zero-order valence-corrected chi connectivity index (χ0v) is 7.33. The largest absolute Gasteiger partial charge is 0.495 e. The molecular weight excluding hydrogens is 194 g/mol. The van der Waals surface area contributed by atoms with Crippen LogP contribution in [0.1, 0.15) is 22.5 Å². The minimum absolute atomic E-state index is 0.0336. The summed E-state index contributed by atoms with van der Waals surface area (Å²) in [5.41, 5.74) is 4.74. The van der Waals surface area contributed by atoms with Gasteiger partial charge in [-0.05, 0) is 6.07 Å². The fourth-order valence-corrected chi connectivity index (χ4v) is 0.953. The molecule has 6 heteroatoms. The predicted octanol–water partition coefficient (Wildman–Crippen LogP) is 1.42. The van der Waals surface area contributed by atoms with Crippen LogP contribution in [0.4, 0.5) is 14.6 Å². The molecule has 0 aromatic carbocycles. The number of carbonyl (C=O) groups is 1. The molecule has 1 rings (SSSR count). The average molecular weight is 202 g/mol. The molecule has 1 heterocycles. The number of nitrogens with two attached hydrogens (primary N) is 1. The SMILES string of the molecule is COc1cc(C=O)c(N)nc1C(F)F. The summed E-state index contributed by atoms with van der Waals surface area (Å²) in [5, 5.41) is 0. The van der Waals surface area contributed by atoms with E-state index in [1.54, 1.807) is 0 Å². The number of hydrogen-bond donors (Lipinski definition) is 1. The smallest absolute Gasteiger partial charge is 0.284 e. The van der Waals surface area contributed by atoms with Gasteiger partial charge in [0.05, 0.1) is 12.7 Å². The number of halogens is 2. The number of aromatic nitrogens is 1. The molecule has 0 unspecified atom stereocenters. The molecule has 0 amide bonds. The number of nitrogens with zero attached hydrogens (tertiary/aromatic N) is 1. The molecule has 0 saturated carbocycles. The molecule has 0 spiro atoms. The van der Waals surface area contributed by atoms with Crippen LogP contribution in [-0.4, -0.2) is 18.4 Å². The zero-order chi connectivity index (χ0) is 10.7. The van der Waals surface area contributed by atoms with Gasteiger partial charge in [-0.15, -0.1) is 0 Å². The lowest BCUT2D eigenvalue weighted by atomic mass is 10.2. The van der Waals surface area contributed by atoms with Gasteiger partial charge >= 0.3 is 0 Å². The number of methoxy groups -OCH3 is 1. The van der Waals surface area contributed by atoms with Crippen LogP contribution in [0.3, 0.4) is 0 Å². The van der Waals surface area contributed by atoms with Crippen molar-refractivity contribution >= 4 is 12.1 Å². The van der Waals surface area contributed by atoms with E-state index in [0.717, 1.165) is 6.07 Å². The van der Waals surface area contributed by atoms with Gasteiger partial charge in [0, 0.05) is 0 Å². The molecule has 1 aromatic heterocycles. The summed E-state index contributed by atoms with van der Waals surface area (Å²) in [6.45, 7) is 0. The molecule has 0 saturated heterocycles. The molecule has 0 fully saturated rings. The highest BCUT2D eigenvalue weighted by Crippen LogP contribution is 2.29. The summed E-state index contributed by atoms with van der Waals surface area (Å²) in [6, 6.07) is 1.14. The molecule has 1 aromatic rings. The first-order valence-corrected chi connectivity index (χ1v) is 3.68.